The van der Waals surface area contributed by atoms with Crippen molar-refractivity contribution in [1.29, 1.82) is 0 Å². The van der Waals surface area contributed by atoms with Gasteiger partial charge in [-0.3, -0.25) is 9.59 Å². The SMILES string of the molecule is Cc1ccc(-c2cnc(CCC(=O)NCCCCC(=O)O)o2)cc1. The fourth-order valence-corrected chi connectivity index (χ4v) is 2.22. The molecule has 0 aliphatic carbocycles. The molecule has 24 heavy (non-hydrogen) atoms. The lowest BCUT2D eigenvalue weighted by molar-refractivity contribution is -0.137. The van der Waals surface area contributed by atoms with Crippen LogP contribution < -0.4 is 5.32 Å². The molecule has 128 valence electrons. The van der Waals surface area contributed by atoms with Gasteiger partial charge in [0.25, 0.3) is 0 Å². The Kier molecular flexibility index (Phi) is 6.54. The van der Waals surface area contributed by atoms with Crippen LogP contribution in [0, 0.1) is 6.92 Å². The Morgan fingerprint density at radius 3 is 2.62 bits per heavy atom. The van der Waals surface area contributed by atoms with Gasteiger partial charge in [-0.05, 0) is 19.8 Å². The van der Waals surface area contributed by atoms with Gasteiger partial charge in [-0.2, -0.15) is 0 Å². The standard InChI is InChI=1S/C18H22N2O4/c1-13-5-7-14(8-6-13)15-12-20-17(24-15)10-9-16(21)19-11-3-2-4-18(22)23/h5-8,12H,2-4,9-11H2,1H3,(H,19,21)(H,22,23). The van der Waals surface area contributed by atoms with E-state index in [2.05, 4.69) is 10.3 Å². The molecule has 1 aromatic heterocycles. The molecule has 1 aromatic carbocycles. The van der Waals surface area contributed by atoms with Crippen LogP contribution in [0.25, 0.3) is 11.3 Å². The van der Waals surface area contributed by atoms with Crippen LogP contribution in [0.3, 0.4) is 0 Å². The molecule has 1 amide bonds. The maximum atomic E-state index is 11.7. The number of carbonyl (C=O) groups excluding carboxylic acids is 1. The zero-order valence-corrected chi connectivity index (χ0v) is 13.7. The third-order valence-corrected chi connectivity index (χ3v) is 3.60. The molecule has 0 saturated heterocycles. The fraction of sp³-hybridized carbons (Fsp3) is 0.389. The number of nitrogens with zero attached hydrogens (tertiary/aromatic N) is 1. The monoisotopic (exact) mass is 330 g/mol. The second-order valence-electron chi connectivity index (χ2n) is 5.69. The molecule has 0 radical (unpaired) electrons. The van der Waals surface area contributed by atoms with Gasteiger partial charge in [0, 0.05) is 31.4 Å². The molecular formula is C18H22N2O4. The maximum absolute atomic E-state index is 11.7. The summed E-state index contributed by atoms with van der Waals surface area (Å²) in [6, 6.07) is 7.97. The zero-order chi connectivity index (χ0) is 17.4. The van der Waals surface area contributed by atoms with E-state index in [1.54, 1.807) is 6.20 Å². The molecular weight excluding hydrogens is 308 g/mol. The molecule has 6 nitrogen and oxygen atoms in total. The lowest BCUT2D eigenvalue weighted by atomic mass is 10.1. The fourth-order valence-electron chi connectivity index (χ4n) is 2.22. The molecule has 0 unspecified atom stereocenters. The molecule has 0 spiro atoms. The first-order valence-corrected chi connectivity index (χ1v) is 8.05. The van der Waals surface area contributed by atoms with Crippen molar-refractivity contribution in [3.63, 3.8) is 0 Å². The summed E-state index contributed by atoms with van der Waals surface area (Å²) >= 11 is 0. The molecule has 2 aromatic rings. The van der Waals surface area contributed by atoms with Gasteiger partial charge < -0.3 is 14.8 Å². The molecule has 0 fully saturated rings. The van der Waals surface area contributed by atoms with Gasteiger partial charge in [0.2, 0.25) is 5.91 Å². The minimum Gasteiger partial charge on any atom is -0.481 e. The van der Waals surface area contributed by atoms with E-state index in [0.29, 0.717) is 43.9 Å². The summed E-state index contributed by atoms with van der Waals surface area (Å²) in [6.45, 7) is 2.52. The van der Waals surface area contributed by atoms with Crippen LogP contribution in [0.15, 0.2) is 34.9 Å². The number of oxazole rings is 1. The smallest absolute Gasteiger partial charge is 0.303 e. The van der Waals surface area contributed by atoms with E-state index in [-0.39, 0.29) is 12.3 Å². The first-order valence-electron chi connectivity index (χ1n) is 8.05. The van der Waals surface area contributed by atoms with Crippen LogP contribution in [0.5, 0.6) is 0 Å². The molecule has 0 bridgehead atoms. The van der Waals surface area contributed by atoms with Crippen molar-refractivity contribution in [1.82, 2.24) is 10.3 Å². The van der Waals surface area contributed by atoms with Crippen molar-refractivity contribution < 1.29 is 19.1 Å². The predicted molar refractivity (Wildman–Crippen MR) is 89.5 cm³/mol. The van der Waals surface area contributed by atoms with Gasteiger partial charge >= 0.3 is 5.97 Å². The van der Waals surface area contributed by atoms with Crippen molar-refractivity contribution in [3.05, 3.63) is 41.9 Å². The second kappa shape index (κ2) is 8.86. The Hall–Kier alpha value is -2.63. The van der Waals surface area contributed by atoms with Gasteiger partial charge in [0.1, 0.15) is 0 Å². The predicted octanol–water partition coefficient (Wildman–Crippen LogP) is 2.95. The maximum Gasteiger partial charge on any atom is 0.303 e. The molecule has 0 aliphatic rings. The van der Waals surface area contributed by atoms with E-state index < -0.39 is 5.97 Å². The normalized spacial score (nSPS) is 10.5. The zero-order valence-electron chi connectivity index (χ0n) is 13.7. The van der Waals surface area contributed by atoms with Gasteiger partial charge in [-0.1, -0.05) is 29.8 Å². The lowest BCUT2D eigenvalue weighted by Crippen LogP contribution is -2.24. The third kappa shape index (κ3) is 5.87. The van der Waals surface area contributed by atoms with Crippen LogP contribution in [0.4, 0.5) is 0 Å². The number of carboxylic acids is 1. The van der Waals surface area contributed by atoms with Crippen LogP contribution >= 0.6 is 0 Å². The highest BCUT2D eigenvalue weighted by molar-refractivity contribution is 5.76. The van der Waals surface area contributed by atoms with Crippen molar-refractivity contribution >= 4 is 11.9 Å². The largest absolute Gasteiger partial charge is 0.481 e. The van der Waals surface area contributed by atoms with E-state index in [1.165, 1.54) is 5.56 Å². The Balaban J connectivity index is 1.71. The summed E-state index contributed by atoms with van der Waals surface area (Å²) < 4.78 is 5.67. The summed E-state index contributed by atoms with van der Waals surface area (Å²) in [4.78, 5) is 26.3. The average Bonchev–Trinajstić information content (AvgIpc) is 3.02. The number of rotatable bonds is 9. The number of benzene rings is 1. The molecule has 6 heteroatoms. The quantitative estimate of drug-likeness (QED) is 0.690. The molecule has 0 atom stereocenters. The van der Waals surface area contributed by atoms with E-state index >= 15 is 0 Å². The Labute approximate surface area is 140 Å². The van der Waals surface area contributed by atoms with Gasteiger partial charge in [-0.25, -0.2) is 4.98 Å². The number of aliphatic carboxylic acids is 1. The van der Waals surface area contributed by atoms with Crippen LogP contribution in [0.2, 0.25) is 0 Å². The van der Waals surface area contributed by atoms with Gasteiger partial charge in [0.15, 0.2) is 11.7 Å². The summed E-state index contributed by atoms with van der Waals surface area (Å²) in [5.74, 6) is 0.334. The molecule has 2 rings (SSSR count). The van der Waals surface area contributed by atoms with E-state index in [4.69, 9.17) is 9.52 Å². The van der Waals surface area contributed by atoms with Gasteiger partial charge in [-0.15, -0.1) is 0 Å². The highest BCUT2D eigenvalue weighted by atomic mass is 16.4. The van der Waals surface area contributed by atoms with Crippen LogP contribution in [-0.2, 0) is 16.0 Å². The molecule has 1 heterocycles. The van der Waals surface area contributed by atoms with Crippen molar-refractivity contribution in [2.75, 3.05) is 6.54 Å². The van der Waals surface area contributed by atoms with Crippen LogP contribution in [-0.4, -0.2) is 28.5 Å². The molecule has 0 aliphatic heterocycles. The summed E-state index contributed by atoms with van der Waals surface area (Å²) in [6.07, 6.45) is 3.77. The summed E-state index contributed by atoms with van der Waals surface area (Å²) in [7, 11) is 0. The van der Waals surface area contributed by atoms with Gasteiger partial charge in [0.05, 0.1) is 6.20 Å². The number of carboxylic acid groups (broad SMARTS) is 1. The van der Waals surface area contributed by atoms with E-state index in [1.807, 2.05) is 31.2 Å². The first-order chi connectivity index (χ1) is 11.5. The number of hydrogen-bond acceptors (Lipinski definition) is 4. The minimum absolute atomic E-state index is 0.0830. The summed E-state index contributed by atoms with van der Waals surface area (Å²) in [5, 5.41) is 11.3. The van der Waals surface area contributed by atoms with E-state index in [9.17, 15) is 9.59 Å². The average molecular weight is 330 g/mol. The number of unbranched alkanes of at least 4 members (excludes halogenated alkanes) is 1. The number of nitrogens with one attached hydrogen (secondary N) is 1. The number of amides is 1. The second-order valence-corrected chi connectivity index (χ2v) is 5.69. The lowest BCUT2D eigenvalue weighted by Gasteiger charge is -2.03. The van der Waals surface area contributed by atoms with Crippen molar-refractivity contribution in [2.24, 2.45) is 0 Å². The summed E-state index contributed by atoms with van der Waals surface area (Å²) in [5.41, 5.74) is 2.14. The number of aryl methyl sites for hydroxylation is 2. The van der Waals surface area contributed by atoms with E-state index in [0.717, 1.165) is 5.56 Å². The first kappa shape index (κ1) is 17.7. The van der Waals surface area contributed by atoms with Crippen molar-refractivity contribution in [3.8, 4) is 11.3 Å². The Morgan fingerprint density at radius 1 is 1.17 bits per heavy atom. The van der Waals surface area contributed by atoms with Crippen molar-refractivity contribution in [2.45, 2.75) is 39.0 Å². The third-order valence-electron chi connectivity index (χ3n) is 3.60. The number of carbonyl (C=O) groups is 2. The Morgan fingerprint density at radius 2 is 1.92 bits per heavy atom. The molecule has 0 saturated carbocycles. The molecule has 2 N–H and O–H groups in total. The minimum atomic E-state index is -0.811. The number of hydrogen-bond donors (Lipinski definition) is 2. The Bertz CT molecular complexity index is 677. The highest BCUT2D eigenvalue weighted by Gasteiger charge is 2.09. The highest BCUT2D eigenvalue weighted by Crippen LogP contribution is 2.21. The van der Waals surface area contributed by atoms with Crippen LogP contribution in [0.1, 0.15) is 37.1 Å². The number of aromatic nitrogens is 1. The topological polar surface area (TPSA) is 92.4 Å².